The second-order valence-electron chi connectivity index (χ2n) is 5.65. The first kappa shape index (κ1) is 18.4. The lowest BCUT2D eigenvalue weighted by Crippen LogP contribution is -2.42. The van der Waals surface area contributed by atoms with Gasteiger partial charge in [0.1, 0.15) is 0 Å². The molecule has 1 aliphatic carbocycles. The van der Waals surface area contributed by atoms with E-state index in [1.807, 2.05) is 0 Å². The Balaban J connectivity index is 2.03. The van der Waals surface area contributed by atoms with Crippen molar-refractivity contribution >= 4 is 23.6 Å². The number of amides is 2. The van der Waals surface area contributed by atoms with Crippen molar-refractivity contribution < 1.29 is 27.9 Å². The van der Waals surface area contributed by atoms with Crippen LogP contribution in [0, 0.1) is 0 Å². The van der Waals surface area contributed by atoms with Crippen molar-refractivity contribution in [2.45, 2.75) is 37.4 Å². The maximum absolute atomic E-state index is 12.9. The summed E-state index contributed by atoms with van der Waals surface area (Å²) in [6.07, 6.45) is -3.34. The molecule has 1 fully saturated rings. The van der Waals surface area contributed by atoms with Gasteiger partial charge in [-0.1, -0.05) is 11.6 Å². The van der Waals surface area contributed by atoms with E-state index in [4.69, 9.17) is 16.7 Å². The molecule has 3 N–H and O–H groups in total. The van der Waals surface area contributed by atoms with E-state index in [-0.39, 0.29) is 30.0 Å². The number of hydrogen-bond acceptors (Lipinski definition) is 2. The largest absolute Gasteiger partial charge is 0.481 e. The zero-order valence-electron chi connectivity index (χ0n) is 12.5. The number of urea groups is 1. The van der Waals surface area contributed by atoms with Crippen molar-refractivity contribution in [2.24, 2.45) is 0 Å². The predicted octanol–water partition coefficient (Wildman–Crippen LogP) is 3.51. The van der Waals surface area contributed by atoms with Crippen molar-refractivity contribution in [1.82, 2.24) is 10.6 Å². The average molecular weight is 365 g/mol. The Bertz CT molecular complexity index is 645. The quantitative estimate of drug-likeness (QED) is 0.676. The molecule has 0 heterocycles. The lowest BCUT2D eigenvalue weighted by molar-refractivity contribution is -0.138. The van der Waals surface area contributed by atoms with Crippen molar-refractivity contribution in [1.29, 1.82) is 0 Å². The van der Waals surface area contributed by atoms with Gasteiger partial charge in [0.2, 0.25) is 0 Å². The van der Waals surface area contributed by atoms with E-state index < -0.39 is 29.3 Å². The fraction of sp³-hybridized carbons (Fsp3) is 0.467. The van der Waals surface area contributed by atoms with Crippen LogP contribution in [0.15, 0.2) is 18.2 Å². The van der Waals surface area contributed by atoms with Crippen LogP contribution in [0.4, 0.5) is 18.0 Å². The van der Waals surface area contributed by atoms with Gasteiger partial charge >= 0.3 is 18.2 Å². The van der Waals surface area contributed by atoms with Gasteiger partial charge in [-0.2, -0.15) is 13.2 Å². The van der Waals surface area contributed by atoms with Crippen LogP contribution in [-0.2, 0) is 16.5 Å². The molecule has 0 spiro atoms. The Kier molecular flexibility index (Phi) is 5.27. The van der Waals surface area contributed by atoms with Gasteiger partial charge in [-0.15, -0.1) is 0 Å². The summed E-state index contributed by atoms with van der Waals surface area (Å²) in [7, 11) is 0. The number of carboxylic acid groups (broad SMARTS) is 1. The van der Waals surface area contributed by atoms with Crippen LogP contribution in [0.5, 0.6) is 0 Å². The van der Waals surface area contributed by atoms with Crippen LogP contribution in [0.2, 0.25) is 5.02 Å². The Morgan fingerprint density at radius 1 is 1.29 bits per heavy atom. The lowest BCUT2D eigenvalue weighted by Gasteiger charge is -2.21. The summed E-state index contributed by atoms with van der Waals surface area (Å²) in [4.78, 5) is 22.3. The van der Waals surface area contributed by atoms with Crippen molar-refractivity contribution in [3.63, 3.8) is 0 Å². The normalized spacial score (nSPS) is 15.7. The van der Waals surface area contributed by atoms with Gasteiger partial charge in [0.15, 0.2) is 0 Å². The number of nitrogens with one attached hydrogen (secondary N) is 2. The van der Waals surface area contributed by atoms with E-state index in [0.717, 1.165) is 12.1 Å². The van der Waals surface area contributed by atoms with Gasteiger partial charge < -0.3 is 15.7 Å². The molecule has 0 bridgehead atoms. The van der Waals surface area contributed by atoms with Crippen LogP contribution in [0.1, 0.15) is 36.8 Å². The zero-order chi connectivity index (χ0) is 18.0. The zero-order valence-corrected chi connectivity index (χ0v) is 13.3. The molecule has 2 amide bonds. The Hall–Kier alpha value is -1.96. The highest BCUT2D eigenvalue weighted by atomic mass is 35.5. The highest BCUT2D eigenvalue weighted by molar-refractivity contribution is 6.31. The third kappa shape index (κ3) is 4.53. The number of carbonyl (C=O) groups is 2. The minimum absolute atomic E-state index is 0.0785. The van der Waals surface area contributed by atoms with Crippen LogP contribution in [0.3, 0.4) is 0 Å². The van der Waals surface area contributed by atoms with Crippen LogP contribution in [-0.4, -0.2) is 23.7 Å². The second kappa shape index (κ2) is 6.88. The number of halogens is 4. The number of aliphatic carboxylic acids is 1. The Morgan fingerprint density at radius 3 is 2.50 bits per heavy atom. The third-order valence-corrected chi connectivity index (χ3v) is 4.09. The number of carbonyl (C=O) groups excluding carboxylic acids is 1. The first-order chi connectivity index (χ1) is 11.1. The molecule has 1 aromatic carbocycles. The molecule has 0 aliphatic heterocycles. The molecule has 0 saturated heterocycles. The molecular weight excluding hydrogens is 349 g/mol. The van der Waals surface area contributed by atoms with E-state index >= 15 is 0 Å². The number of benzene rings is 1. The summed E-state index contributed by atoms with van der Waals surface area (Å²) >= 11 is 6.01. The molecule has 1 aliphatic rings. The topological polar surface area (TPSA) is 78.4 Å². The lowest BCUT2D eigenvalue weighted by atomic mass is 10.0. The van der Waals surface area contributed by atoms with Gasteiger partial charge in [-0.05, 0) is 43.0 Å². The molecule has 0 unspecified atom stereocenters. The molecule has 24 heavy (non-hydrogen) atoms. The number of alkyl halides is 3. The maximum Gasteiger partial charge on any atom is 0.416 e. The number of rotatable bonds is 6. The molecular formula is C15H16ClF3N2O3. The smallest absolute Gasteiger partial charge is 0.416 e. The number of hydrogen-bond donors (Lipinski definition) is 3. The molecule has 9 heteroatoms. The highest BCUT2D eigenvalue weighted by Crippen LogP contribution is 2.49. The second-order valence-corrected chi connectivity index (χ2v) is 6.06. The molecule has 1 saturated carbocycles. The standard InChI is InChI=1S/C15H16ClF3N2O3/c16-11-4-3-9(15(17,18)19)8-10(11)14(5-6-14)21-13(24)20-7-1-2-12(22)23/h3-4,8H,1-2,5-7H2,(H,22,23)(H2,20,21,24). The summed E-state index contributed by atoms with van der Waals surface area (Å²) in [5, 5.41) is 13.8. The molecule has 0 atom stereocenters. The predicted molar refractivity (Wildman–Crippen MR) is 80.8 cm³/mol. The van der Waals surface area contributed by atoms with E-state index in [0.29, 0.717) is 12.8 Å². The van der Waals surface area contributed by atoms with Gasteiger partial charge in [0.05, 0.1) is 11.1 Å². The maximum atomic E-state index is 12.9. The average Bonchev–Trinajstić information content (AvgIpc) is 3.23. The fourth-order valence-corrected chi connectivity index (χ4v) is 2.66. The van der Waals surface area contributed by atoms with Crippen LogP contribution >= 0.6 is 11.6 Å². The molecule has 0 radical (unpaired) electrons. The van der Waals surface area contributed by atoms with Crippen molar-refractivity contribution in [3.05, 3.63) is 34.3 Å². The summed E-state index contributed by atoms with van der Waals surface area (Å²) in [6, 6.07) is 2.46. The molecule has 1 aromatic rings. The Labute approximate surface area is 141 Å². The van der Waals surface area contributed by atoms with E-state index in [1.165, 1.54) is 6.07 Å². The first-order valence-corrected chi connectivity index (χ1v) is 7.67. The van der Waals surface area contributed by atoms with Crippen molar-refractivity contribution in [3.8, 4) is 0 Å². The van der Waals surface area contributed by atoms with E-state index in [1.54, 1.807) is 0 Å². The van der Waals surface area contributed by atoms with Crippen LogP contribution in [0.25, 0.3) is 0 Å². The summed E-state index contributed by atoms with van der Waals surface area (Å²) in [5.74, 6) is -0.966. The minimum Gasteiger partial charge on any atom is -0.481 e. The van der Waals surface area contributed by atoms with Gasteiger partial charge in [-0.25, -0.2) is 4.79 Å². The minimum atomic E-state index is -4.49. The van der Waals surface area contributed by atoms with Gasteiger partial charge in [0.25, 0.3) is 0 Å². The SMILES string of the molecule is O=C(O)CCCNC(=O)NC1(c2cc(C(F)(F)F)ccc2Cl)CC1. The molecule has 0 aromatic heterocycles. The van der Waals surface area contributed by atoms with E-state index in [2.05, 4.69) is 10.6 Å². The number of carboxylic acids is 1. The summed E-state index contributed by atoms with van der Waals surface area (Å²) in [6.45, 7) is 0.157. The van der Waals surface area contributed by atoms with Crippen molar-refractivity contribution in [2.75, 3.05) is 6.54 Å². The monoisotopic (exact) mass is 364 g/mol. The third-order valence-electron chi connectivity index (χ3n) is 3.77. The summed E-state index contributed by atoms with van der Waals surface area (Å²) < 4.78 is 38.6. The highest BCUT2D eigenvalue weighted by Gasteiger charge is 2.48. The Morgan fingerprint density at radius 2 is 1.96 bits per heavy atom. The molecule has 2 rings (SSSR count). The van der Waals surface area contributed by atoms with Gasteiger partial charge in [-0.3, -0.25) is 4.79 Å². The summed E-state index contributed by atoms with van der Waals surface area (Å²) in [5.41, 5.74) is -1.49. The van der Waals surface area contributed by atoms with E-state index in [9.17, 15) is 22.8 Å². The fourth-order valence-electron chi connectivity index (χ4n) is 2.36. The molecule has 5 nitrogen and oxygen atoms in total. The van der Waals surface area contributed by atoms with Gasteiger partial charge in [0, 0.05) is 18.0 Å². The van der Waals surface area contributed by atoms with Crippen LogP contribution < -0.4 is 10.6 Å². The molecule has 132 valence electrons. The first-order valence-electron chi connectivity index (χ1n) is 7.29.